The van der Waals surface area contributed by atoms with Gasteiger partial charge in [-0.1, -0.05) is 6.92 Å². The molecule has 0 aromatic carbocycles. The summed E-state index contributed by atoms with van der Waals surface area (Å²) in [6.45, 7) is 6.46. The number of nitrogens with one attached hydrogen (secondary N) is 2. The molecular weight excluding hydrogens is 411 g/mol. The lowest BCUT2D eigenvalue weighted by atomic mass is 10.1. The SMILES string of the molecule is CCNC(=NCc1nncn1C)NCC(C)c1ccsc1.I. The van der Waals surface area contributed by atoms with E-state index in [2.05, 4.69) is 56.5 Å². The number of aryl methyl sites for hydroxylation is 1. The van der Waals surface area contributed by atoms with Gasteiger partial charge in [0.1, 0.15) is 12.9 Å². The van der Waals surface area contributed by atoms with Crippen LogP contribution < -0.4 is 10.6 Å². The molecule has 8 heteroatoms. The van der Waals surface area contributed by atoms with Gasteiger partial charge < -0.3 is 15.2 Å². The van der Waals surface area contributed by atoms with Crippen molar-refractivity contribution in [2.75, 3.05) is 13.1 Å². The minimum atomic E-state index is 0. The molecule has 0 aliphatic rings. The molecule has 0 radical (unpaired) electrons. The summed E-state index contributed by atoms with van der Waals surface area (Å²) in [5, 5.41) is 18.8. The van der Waals surface area contributed by atoms with Gasteiger partial charge in [0.2, 0.25) is 0 Å². The van der Waals surface area contributed by atoms with Crippen LogP contribution >= 0.6 is 35.3 Å². The van der Waals surface area contributed by atoms with Gasteiger partial charge in [-0.05, 0) is 35.2 Å². The largest absolute Gasteiger partial charge is 0.357 e. The molecule has 0 aliphatic carbocycles. The molecule has 2 aromatic rings. The van der Waals surface area contributed by atoms with Crippen LogP contribution in [0, 0.1) is 0 Å². The fraction of sp³-hybridized carbons (Fsp3) is 0.500. The molecule has 0 fully saturated rings. The van der Waals surface area contributed by atoms with E-state index >= 15 is 0 Å². The first kappa shape index (κ1) is 18.9. The first-order valence-electron chi connectivity index (χ1n) is 7.07. The molecule has 0 bridgehead atoms. The summed E-state index contributed by atoms with van der Waals surface area (Å²) in [6, 6.07) is 2.17. The average molecular weight is 434 g/mol. The molecular formula is C14H23IN6S. The molecule has 0 aliphatic heterocycles. The first-order chi connectivity index (χ1) is 10.2. The van der Waals surface area contributed by atoms with Crippen LogP contribution in [0.5, 0.6) is 0 Å². The number of rotatable bonds is 6. The van der Waals surface area contributed by atoms with E-state index in [-0.39, 0.29) is 24.0 Å². The molecule has 6 nitrogen and oxygen atoms in total. The zero-order valence-corrected chi connectivity index (χ0v) is 16.3. The lowest BCUT2D eigenvalue weighted by Gasteiger charge is -2.15. The van der Waals surface area contributed by atoms with E-state index < -0.39 is 0 Å². The van der Waals surface area contributed by atoms with Crippen LogP contribution in [-0.2, 0) is 13.6 Å². The lowest BCUT2D eigenvalue weighted by Crippen LogP contribution is -2.39. The predicted octanol–water partition coefficient (Wildman–Crippen LogP) is 2.35. The Morgan fingerprint density at radius 2 is 2.27 bits per heavy atom. The second-order valence-electron chi connectivity index (χ2n) is 4.89. The molecule has 2 rings (SSSR count). The maximum Gasteiger partial charge on any atom is 0.191 e. The summed E-state index contributed by atoms with van der Waals surface area (Å²) < 4.78 is 1.88. The quantitative estimate of drug-likeness (QED) is 0.416. The van der Waals surface area contributed by atoms with Gasteiger partial charge in [0.05, 0.1) is 0 Å². The monoisotopic (exact) mass is 434 g/mol. The van der Waals surface area contributed by atoms with E-state index in [1.54, 1.807) is 17.7 Å². The number of halogens is 1. The van der Waals surface area contributed by atoms with Crippen molar-refractivity contribution >= 4 is 41.3 Å². The fourth-order valence-electron chi connectivity index (χ4n) is 1.86. The fourth-order valence-corrected chi connectivity index (χ4v) is 2.65. The normalized spacial score (nSPS) is 12.6. The number of hydrogen-bond acceptors (Lipinski definition) is 4. The number of thiophene rings is 1. The summed E-state index contributed by atoms with van der Waals surface area (Å²) in [4.78, 5) is 4.54. The highest BCUT2D eigenvalue weighted by molar-refractivity contribution is 14.0. The Morgan fingerprint density at radius 3 is 2.86 bits per heavy atom. The zero-order valence-electron chi connectivity index (χ0n) is 13.1. The number of guanidine groups is 1. The first-order valence-corrected chi connectivity index (χ1v) is 8.02. The number of hydrogen-bond donors (Lipinski definition) is 2. The summed E-state index contributed by atoms with van der Waals surface area (Å²) in [5.41, 5.74) is 1.36. The molecule has 122 valence electrons. The van der Waals surface area contributed by atoms with Crippen LogP contribution in [0.4, 0.5) is 0 Å². The Morgan fingerprint density at radius 1 is 1.45 bits per heavy atom. The van der Waals surface area contributed by atoms with Gasteiger partial charge in [0.25, 0.3) is 0 Å². The minimum absolute atomic E-state index is 0. The lowest BCUT2D eigenvalue weighted by molar-refractivity contribution is 0.697. The summed E-state index contributed by atoms with van der Waals surface area (Å²) >= 11 is 1.73. The van der Waals surface area contributed by atoms with E-state index in [0.717, 1.165) is 24.9 Å². The number of aliphatic imine (C=N–C) groups is 1. The highest BCUT2D eigenvalue weighted by Crippen LogP contribution is 2.16. The molecule has 1 atom stereocenters. The van der Waals surface area contributed by atoms with Gasteiger partial charge in [-0.2, -0.15) is 11.3 Å². The second-order valence-corrected chi connectivity index (χ2v) is 5.67. The van der Waals surface area contributed by atoms with Crippen LogP contribution in [0.25, 0.3) is 0 Å². The third-order valence-electron chi connectivity index (χ3n) is 3.22. The maximum atomic E-state index is 4.54. The van der Waals surface area contributed by atoms with Crippen molar-refractivity contribution in [2.45, 2.75) is 26.3 Å². The van der Waals surface area contributed by atoms with Gasteiger partial charge in [-0.3, -0.25) is 0 Å². The Balaban J connectivity index is 0.00000242. The third-order valence-corrected chi connectivity index (χ3v) is 3.92. The van der Waals surface area contributed by atoms with E-state index in [1.807, 2.05) is 11.6 Å². The molecule has 22 heavy (non-hydrogen) atoms. The summed E-state index contributed by atoms with van der Waals surface area (Å²) in [5.74, 6) is 2.11. The Kier molecular flexibility index (Phi) is 8.39. The average Bonchev–Trinajstić information content (AvgIpc) is 3.13. The highest BCUT2D eigenvalue weighted by Gasteiger charge is 2.07. The van der Waals surface area contributed by atoms with Crippen molar-refractivity contribution in [2.24, 2.45) is 12.0 Å². The van der Waals surface area contributed by atoms with Crippen molar-refractivity contribution in [3.8, 4) is 0 Å². The Bertz CT molecular complexity index is 566. The predicted molar refractivity (Wildman–Crippen MR) is 102 cm³/mol. The van der Waals surface area contributed by atoms with Gasteiger partial charge in [0, 0.05) is 20.1 Å². The van der Waals surface area contributed by atoms with Crippen molar-refractivity contribution in [1.82, 2.24) is 25.4 Å². The van der Waals surface area contributed by atoms with E-state index in [1.165, 1.54) is 5.56 Å². The molecule has 0 saturated carbocycles. The molecule has 2 aromatic heterocycles. The van der Waals surface area contributed by atoms with Gasteiger partial charge in [-0.15, -0.1) is 34.2 Å². The summed E-state index contributed by atoms with van der Waals surface area (Å²) in [6.07, 6.45) is 1.68. The van der Waals surface area contributed by atoms with Gasteiger partial charge in [0.15, 0.2) is 11.8 Å². The van der Waals surface area contributed by atoms with Gasteiger partial charge in [-0.25, -0.2) is 4.99 Å². The van der Waals surface area contributed by atoms with E-state index in [4.69, 9.17) is 0 Å². The molecule has 0 amide bonds. The molecule has 0 saturated heterocycles. The highest BCUT2D eigenvalue weighted by atomic mass is 127. The third kappa shape index (κ3) is 5.56. The van der Waals surface area contributed by atoms with Crippen LogP contribution in [0.2, 0.25) is 0 Å². The molecule has 0 spiro atoms. The molecule has 2 heterocycles. The van der Waals surface area contributed by atoms with Gasteiger partial charge >= 0.3 is 0 Å². The Hall–Kier alpha value is -1.16. The van der Waals surface area contributed by atoms with Crippen molar-refractivity contribution in [3.63, 3.8) is 0 Å². The second kappa shape index (κ2) is 9.78. The summed E-state index contributed by atoms with van der Waals surface area (Å²) in [7, 11) is 1.92. The number of nitrogens with zero attached hydrogens (tertiary/aromatic N) is 4. The van der Waals surface area contributed by atoms with Crippen LogP contribution in [-0.4, -0.2) is 33.8 Å². The molecule has 1 unspecified atom stereocenters. The molecule has 2 N–H and O–H groups in total. The van der Waals surface area contributed by atoms with Crippen molar-refractivity contribution in [1.29, 1.82) is 0 Å². The number of aromatic nitrogens is 3. The van der Waals surface area contributed by atoms with E-state index in [9.17, 15) is 0 Å². The Labute approximate surface area is 152 Å². The van der Waals surface area contributed by atoms with Crippen LogP contribution in [0.15, 0.2) is 28.1 Å². The topological polar surface area (TPSA) is 67.1 Å². The smallest absolute Gasteiger partial charge is 0.191 e. The van der Waals surface area contributed by atoms with Crippen LogP contribution in [0.1, 0.15) is 31.2 Å². The maximum absolute atomic E-state index is 4.54. The van der Waals surface area contributed by atoms with Crippen LogP contribution in [0.3, 0.4) is 0 Å². The van der Waals surface area contributed by atoms with Crippen molar-refractivity contribution in [3.05, 3.63) is 34.5 Å². The minimum Gasteiger partial charge on any atom is -0.357 e. The van der Waals surface area contributed by atoms with E-state index in [0.29, 0.717) is 12.5 Å². The van der Waals surface area contributed by atoms with Crippen molar-refractivity contribution < 1.29 is 0 Å². The zero-order chi connectivity index (χ0) is 15.1. The standard InChI is InChI=1S/C14H22N6S.HI/c1-4-15-14(17-8-13-19-18-10-20(13)3)16-7-11(2)12-5-6-21-9-12;/h5-6,9-11H,4,7-8H2,1-3H3,(H2,15,16,17);1H.